The Labute approximate surface area is 131 Å². The van der Waals surface area contributed by atoms with E-state index in [0.29, 0.717) is 12.8 Å². The van der Waals surface area contributed by atoms with E-state index in [0.717, 1.165) is 41.6 Å². The van der Waals surface area contributed by atoms with Crippen molar-refractivity contribution in [2.45, 2.75) is 38.3 Å². The maximum absolute atomic E-state index is 11.8. The minimum Gasteiger partial charge on any atom is -0.356 e. The topological polar surface area (TPSA) is 58.1 Å². The Hall–Kier alpha value is -1.14. The van der Waals surface area contributed by atoms with Crippen molar-refractivity contribution < 1.29 is 4.79 Å². The van der Waals surface area contributed by atoms with Crippen LogP contribution >= 0.6 is 11.8 Å². The average Bonchev–Trinajstić information content (AvgIpc) is 2.42. The van der Waals surface area contributed by atoms with E-state index in [1.165, 1.54) is 0 Å². The Morgan fingerprint density at radius 3 is 2.38 bits per heavy atom. The van der Waals surface area contributed by atoms with Crippen molar-refractivity contribution in [1.82, 2.24) is 20.2 Å². The van der Waals surface area contributed by atoms with Gasteiger partial charge < -0.3 is 10.2 Å². The summed E-state index contributed by atoms with van der Waals surface area (Å²) in [6, 6.07) is 0. The van der Waals surface area contributed by atoms with Crippen molar-refractivity contribution >= 4 is 17.7 Å². The van der Waals surface area contributed by atoms with Gasteiger partial charge in [-0.15, -0.1) is 0 Å². The van der Waals surface area contributed by atoms with Crippen LogP contribution in [0.4, 0.5) is 0 Å². The number of aryl methyl sites for hydroxylation is 2. The van der Waals surface area contributed by atoms with E-state index < -0.39 is 0 Å². The fourth-order valence-electron chi connectivity index (χ4n) is 2.11. The number of nitrogens with one attached hydrogen (secondary N) is 1. The molecule has 1 aromatic heterocycles. The molecule has 1 aromatic rings. The van der Waals surface area contributed by atoms with Crippen molar-refractivity contribution in [2.75, 3.05) is 33.4 Å². The second-order valence-corrected chi connectivity index (χ2v) is 6.14. The third-order valence-electron chi connectivity index (χ3n) is 3.29. The summed E-state index contributed by atoms with van der Waals surface area (Å²) in [7, 11) is 4.07. The number of rotatable bonds is 8. The van der Waals surface area contributed by atoms with Gasteiger partial charge in [0.1, 0.15) is 0 Å². The fourth-order valence-corrected chi connectivity index (χ4v) is 2.57. The second-order valence-electron chi connectivity index (χ2n) is 5.37. The highest BCUT2D eigenvalue weighted by Gasteiger charge is 2.10. The number of carbonyl (C=O) groups excluding carboxylic acids is 1. The van der Waals surface area contributed by atoms with Gasteiger partial charge in [-0.2, -0.15) is 0 Å². The van der Waals surface area contributed by atoms with Crippen LogP contribution in [0.2, 0.25) is 0 Å². The highest BCUT2D eigenvalue weighted by molar-refractivity contribution is 7.98. The SMILES string of the molecule is CSc1nc(C)c(CCC(=O)NCCCN(C)C)c(C)n1. The van der Waals surface area contributed by atoms with Gasteiger partial charge in [-0.1, -0.05) is 11.8 Å². The van der Waals surface area contributed by atoms with Crippen LogP contribution in [-0.2, 0) is 11.2 Å². The van der Waals surface area contributed by atoms with Gasteiger partial charge in [0.05, 0.1) is 0 Å². The molecule has 1 amide bonds. The van der Waals surface area contributed by atoms with Crippen LogP contribution in [0.5, 0.6) is 0 Å². The minimum absolute atomic E-state index is 0.0986. The number of nitrogens with zero attached hydrogens (tertiary/aromatic N) is 3. The zero-order valence-corrected chi connectivity index (χ0v) is 14.5. The minimum atomic E-state index is 0.0986. The molecule has 5 nitrogen and oxygen atoms in total. The maximum atomic E-state index is 11.8. The van der Waals surface area contributed by atoms with Gasteiger partial charge in [0.15, 0.2) is 5.16 Å². The monoisotopic (exact) mass is 310 g/mol. The lowest BCUT2D eigenvalue weighted by molar-refractivity contribution is -0.121. The van der Waals surface area contributed by atoms with Gasteiger partial charge >= 0.3 is 0 Å². The first kappa shape index (κ1) is 17.9. The third-order valence-corrected chi connectivity index (χ3v) is 3.84. The summed E-state index contributed by atoms with van der Waals surface area (Å²) < 4.78 is 0. The molecule has 6 heteroatoms. The molecule has 0 radical (unpaired) electrons. The summed E-state index contributed by atoms with van der Waals surface area (Å²) in [6.45, 7) is 5.69. The molecule has 0 aliphatic carbocycles. The molecule has 1 rings (SSSR count). The normalized spacial score (nSPS) is 11.0. The second kappa shape index (κ2) is 9.00. The number of thioether (sulfide) groups is 1. The first-order chi connectivity index (χ1) is 9.93. The van der Waals surface area contributed by atoms with Crippen LogP contribution in [0.3, 0.4) is 0 Å². The molecule has 0 aromatic carbocycles. The molecule has 118 valence electrons. The van der Waals surface area contributed by atoms with E-state index in [1.807, 2.05) is 34.2 Å². The summed E-state index contributed by atoms with van der Waals surface area (Å²) in [4.78, 5) is 22.8. The summed E-state index contributed by atoms with van der Waals surface area (Å²) in [5, 5.41) is 3.75. The highest BCUT2D eigenvalue weighted by atomic mass is 32.2. The molecule has 0 aliphatic rings. The third kappa shape index (κ3) is 6.44. The van der Waals surface area contributed by atoms with Crippen LogP contribution < -0.4 is 5.32 Å². The predicted molar refractivity (Wildman–Crippen MR) is 87.8 cm³/mol. The maximum Gasteiger partial charge on any atom is 0.220 e. The molecule has 0 spiro atoms. The summed E-state index contributed by atoms with van der Waals surface area (Å²) >= 11 is 1.54. The van der Waals surface area contributed by atoms with E-state index in [9.17, 15) is 4.79 Å². The van der Waals surface area contributed by atoms with Crippen molar-refractivity contribution in [3.63, 3.8) is 0 Å². The summed E-state index contributed by atoms with van der Waals surface area (Å²) in [6.07, 6.45) is 4.13. The first-order valence-electron chi connectivity index (χ1n) is 7.23. The first-order valence-corrected chi connectivity index (χ1v) is 8.46. The summed E-state index contributed by atoms with van der Waals surface area (Å²) in [5.74, 6) is 0.0986. The van der Waals surface area contributed by atoms with Crippen LogP contribution in [0.25, 0.3) is 0 Å². The smallest absolute Gasteiger partial charge is 0.220 e. The highest BCUT2D eigenvalue weighted by Crippen LogP contribution is 2.16. The van der Waals surface area contributed by atoms with Crippen LogP contribution in [0.1, 0.15) is 29.8 Å². The van der Waals surface area contributed by atoms with Gasteiger partial charge in [0, 0.05) is 24.4 Å². The van der Waals surface area contributed by atoms with Crippen molar-refractivity contribution in [1.29, 1.82) is 0 Å². The number of hydrogen-bond donors (Lipinski definition) is 1. The Morgan fingerprint density at radius 1 is 1.24 bits per heavy atom. The standard InChI is InChI=1S/C15H26N4OS/c1-11-13(12(2)18-15(17-11)21-5)7-8-14(20)16-9-6-10-19(3)4/h6-10H2,1-5H3,(H,16,20). The molecule has 0 atom stereocenters. The zero-order chi connectivity index (χ0) is 15.8. The largest absolute Gasteiger partial charge is 0.356 e. The van der Waals surface area contributed by atoms with Gasteiger partial charge in [-0.25, -0.2) is 9.97 Å². The van der Waals surface area contributed by atoms with E-state index in [4.69, 9.17) is 0 Å². The van der Waals surface area contributed by atoms with Gasteiger partial charge in [0.2, 0.25) is 5.91 Å². The Balaban J connectivity index is 2.43. The lowest BCUT2D eigenvalue weighted by atomic mass is 10.1. The van der Waals surface area contributed by atoms with E-state index in [-0.39, 0.29) is 5.91 Å². The summed E-state index contributed by atoms with van der Waals surface area (Å²) in [5.41, 5.74) is 3.05. The Morgan fingerprint density at radius 2 is 1.86 bits per heavy atom. The number of carbonyl (C=O) groups is 1. The van der Waals surface area contributed by atoms with Gasteiger partial charge in [-0.05, 0) is 59.1 Å². The van der Waals surface area contributed by atoms with Gasteiger partial charge in [0.25, 0.3) is 0 Å². The van der Waals surface area contributed by atoms with Crippen molar-refractivity contribution in [3.05, 3.63) is 17.0 Å². The van der Waals surface area contributed by atoms with Crippen molar-refractivity contribution in [3.8, 4) is 0 Å². The average molecular weight is 310 g/mol. The van der Waals surface area contributed by atoms with Crippen LogP contribution in [0, 0.1) is 13.8 Å². The van der Waals surface area contributed by atoms with Crippen LogP contribution in [0.15, 0.2) is 5.16 Å². The van der Waals surface area contributed by atoms with E-state index in [1.54, 1.807) is 11.8 Å². The molecule has 0 bridgehead atoms. The van der Waals surface area contributed by atoms with Crippen molar-refractivity contribution in [2.24, 2.45) is 0 Å². The quantitative estimate of drug-likeness (QED) is 0.451. The number of hydrogen-bond acceptors (Lipinski definition) is 5. The van der Waals surface area contributed by atoms with Crippen LogP contribution in [-0.4, -0.2) is 54.2 Å². The number of amides is 1. The molecule has 0 fully saturated rings. The lowest BCUT2D eigenvalue weighted by Crippen LogP contribution is -2.27. The molecule has 0 aliphatic heterocycles. The van der Waals surface area contributed by atoms with Gasteiger partial charge in [-0.3, -0.25) is 4.79 Å². The lowest BCUT2D eigenvalue weighted by Gasteiger charge is -2.11. The Kier molecular flexibility index (Phi) is 7.67. The molecule has 1 N–H and O–H groups in total. The number of aromatic nitrogens is 2. The molecular formula is C15H26N4OS. The molecule has 1 heterocycles. The molecule has 0 unspecified atom stereocenters. The predicted octanol–water partition coefficient (Wildman–Crippen LogP) is 1.82. The van der Waals surface area contributed by atoms with E-state index >= 15 is 0 Å². The fraction of sp³-hybridized carbons (Fsp3) is 0.667. The van der Waals surface area contributed by atoms with E-state index in [2.05, 4.69) is 20.2 Å². The molecule has 0 saturated heterocycles. The molecular weight excluding hydrogens is 284 g/mol. The molecule has 0 saturated carbocycles. The Bertz CT molecular complexity index is 454. The molecule has 21 heavy (non-hydrogen) atoms. The zero-order valence-electron chi connectivity index (χ0n) is 13.7.